The highest BCUT2D eigenvalue weighted by atomic mass is 32.1. The molecule has 0 amide bonds. The van der Waals surface area contributed by atoms with E-state index in [1.165, 1.54) is 0 Å². The minimum atomic E-state index is 0.176. The zero-order valence-corrected chi connectivity index (χ0v) is 10.9. The third-order valence-corrected chi connectivity index (χ3v) is 2.50. The lowest BCUT2D eigenvalue weighted by Gasteiger charge is -2.18. The van der Waals surface area contributed by atoms with Crippen LogP contribution in [0.15, 0.2) is 24.3 Å². The van der Waals surface area contributed by atoms with Gasteiger partial charge >= 0.3 is 0 Å². The van der Waals surface area contributed by atoms with Gasteiger partial charge in [-0.2, -0.15) is 0 Å². The summed E-state index contributed by atoms with van der Waals surface area (Å²) in [6.07, 6.45) is 1.20. The number of nitrogens with two attached hydrogens (primary N) is 1. The maximum Gasteiger partial charge on any atom is 0.129 e. The zero-order chi connectivity index (χ0) is 12.1. The van der Waals surface area contributed by atoms with E-state index in [1.807, 2.05) is 24.3 Å². The van der Waals surface area contributed by atoms with Crippen molar-refractivity contribution >= 4 is 17.2 Å². The van der Waals surface area contributed by atoms with E-state index in [0.29, 0.717) is 10.9 Å². The first-order chi connectivity index (χ1) is 7.50. The van der Waals surface area contributed by atoms with Crippen LogP contribution in [-0.2, 0) is 0 Å². The van der Waals surface area contributed by atoms with Gasteiger partial charge < -0.3 is 10.5 Å². The summed E-state index contributed by atoms with van der Waals surface area (Å²) in [7, 11) is 0. The Hall–Kier alpha value is -1.09. The van der Waals surface area contributed by atoms with Crippen LogP contribution in [0.5, 0.6) is 5.75 Å². The van der Waals surface area contributed by atoms with Crippen LogP contribution in [0.3, 0.4) is 0 Å². The van der Waals surface area contributed by atoms with Crippen LogP contribution in [0.2, 0.25) is 0 Å². The average Bonchev–Trinajstić information content (AvgIpc) is 2.16. The van der Waals surface area contributed by atoms with E-state index in [-0.39, 0.29) is 6.10 Å². The Morgan fingerprint density at radius 3 is 2.50 bits per heavy atom. The predicted molar refractivity (Wildman–Crippen MR) is 71.9 cm³/mol. The minimum absolute atomic E-state index is 0.176. The number of para-hydroxylation sites is 1. The third-order valence-electron chi connectivity index (χ3n) is 2.28. The maximum atomic E-state index is 5.85. The van der Waals surface area contributed by atoms with Gasteiger partial charge in [-0.05, 0) is 31.4 Å². The molecule has 0 saturated heterocycles. The van der Waals surface area contributed by atoms with Crippen molar-refractivity contribution in [3.63, 3.8) is 0 Å². The second-order valence-electron chi connectivity index (χ2n) is 4.42. The first-order valence-corrected chi connectivity index (χ1v) is 5.97. The summed E-state index contributed by atoms with van der Waals surface area (Å²) in [6, 6.07) is 7.64. The van der Waals surface area contributed by atoms with E-state index in [0.717, 1.165) is 17.7 Å². The van der Waals surface area contributed by atoms with Crippen molar-refractivity contribution in [3.05, 3.63) is 29.8 Å². The Kier molecular flexibility index (Phi) is 4.74. The van der Waals surface area contributed by atoms with Gasteiger partial charge in [-0.25, -0.2) is 0 Å². The maximum absolute atomic E-state index is 5.85. The van der Waals surface area contributed by atoms with E-state index >= 15 is 0 Å². The summed E-state index contributed by atoms with van der Waals surface area (Å²) in [5.41, 5.74) is 6.46. The van der Waals surface area contributed by atoms with Gasteiger partial charge in [-0.15, -0.1) is 0 Å². The second-order valence-corrected chi connectivity index (χ2v) is 4.86. The Morgan fingerprint density at radius 1 is 1.31 bits per heavy atom. The molecule has 16 heavy (non-hydrogen) atoms. The molecular formula is C13H19NOS. The molecule has 0 fully saturated rings. The number of benzene rings is 1. The topological polar surface area (TPSA) is 35.2 Å². The number of rotatable bonds is 5. The summed E-state index contributed by atoms with van der Waals surface area (Å²) in [6.45, 7) is 6.43. The molecule has 2 nitrogen and oxygen atoms in total. The molecule has 0 spiro atoms. The van der Waals surface area contributed by atoms with Crippen molar-refractivity contribution in [2.75, 3.05) is 0 Å². The van der Waals surface area contributed by atoms with E-state index in [9.17, 15) is 0 Å². The standard InChI is InChI=1S/C13H19NOS/c1-9(2)8-10(3)15-12-7-5-4-6-11(12)13(14)16/h4-7,9-10H,8H2,1-3H3,(H2,14,16). The second kappa shape index (κ2) is 5.85. The molecule has 0 bridgehead atoms. The first kappa shape index (κ1) is 13.0. The molecule has 0 aliphatic carbocycles. The highest BCUT2D eigenvalue weighted by molar-refractivity contribution is 7.80. The van der Waals surface area contributed by atoms with Crippen LogP contribution in [0.4, 0.5) is 0 Å². The Labute approximate surface area is 103 Å². The summed E-state index contributed by atoms with van der Waals surface area (Å²) in [5.74, 6) is 1.40. The normalized spacial score (nSPS) is 12.5. The van der Waals surface area contributed by atoms with Gasteiger partial charge in [-0.1, -0.05) is 38.2 Å². The van der Waals surface area contributed by atoms with Crippen LogP contribution in [0.1, 0.15) is 32.8 Å². The Bertz CT molecular complexity index is 363. The van der Waals surface area contributed by atoms with Crippen LogP contribution in [0, 0.1) is 5.92 Å². The summed E-state index contributed by atoms with van der Waals surface area (Å²) < 4.78 is 5.85. The fourth-order valence-electron chi connectivity index (χ4n) is 1.70. The molecule has 1 aromatic rings. The van der Waals surface area contributed by atoms with Crippen LogP contribution in [0.25, 0.3) is 0 Å². The summed E-state index contributed by atoms with van der Waals surface area (Å²) in [5, 5.41) is 0. The smallest absolute Gasteiger partial charge is 0.129 e. The SMILES string of the molecule is CC(C)CC(C)Oc1ccccc1C(N)=S. The molecule has 1 rings (SSSR count). The van der Waals surface area contributed by atoms with Crippen molar-refractivity contribution in [2.24, 2.45) is 11.7 Å². The Morgan fingerprint density at radius 2 is 1.94 bits per heavy atom. The molecule has 1 atom stereocenters. The molecule has 1 aromatic carbocycles. The van der Waals surface area contributed by atoms with Gasteiger partial charge in [0.2, 0.25) is 0 Å². The van der Waals surface area contributed by atoms with Crippen molar-refractivity contribution in [1.29, 1.82) is 0 Å². The van der Waals surface area contributed by atoms with E-state index < -0.39 is 0 Å². The molecule has 0 aromatic heterocycles. The lowest BCUT2D eigenvalue weighted by molar-refractivity contribution is 0.193. The van der Waals surface area contributed by atoms with Crippen LogP contribution in [-0.4, -0.2) is 11.1 Å². The molecule has 1 unspecified atom stereocenters. The molecule has 88 valence electrons. The Balaban J connectivity index is 2.76. The number of hydrogen-bond donors (Lipinski definition) is 1. The van der Waals surface area contributed by atoms with Gasteiger partial charge in [0.25, 0.3) is 0 Å². The molecule has 0 heterocycles. The van der Waals surface area contributed by atoms with Crippen LogP contribution < -0.4 is 10.5 Å². The summed E-state index contributed by atoms with van der Waals surface area (Å²) in [4.78, 5) is 0.382. The lowest BCUT2D eigenvalue weighted by Crippen LogP contribution is -2.18. The quantitative estimate of drug-likeness (QED) is 0.799. The lowest BCUT2D eigenvalue weighted by atomic mass is 10.1. The molecule has 3 heteroatoms. The molecule has 0 radical (unpaired) electrons. The highest BCUT2D eigenvalue weighted by Gasteiger charge is 2.10. The molecular weight excluding hydrogens is 218 g/mol. The molecule has 0 saturated carbocycles. The van der Waals surface area contributed by atoms with Crippen molar-refractivity contribution < 1.29 is 4.74 Å². The van der Waals surface area contributed by atoms with Gasteiger partial charge in [0.05, 0.1) is 11.7 Å². The fourth-order valence-corrected chi connectivity index (χ4v) is 1.87. The number of thiocarbonyl (C=S) groups is 1. The number of hydrogen-bond acceptors (Lipinski definition) is 2. The van der Waals surface area contributed by atoms with Gasteiger partial charge in [0, 0.05) is 0 Å². The molecule has 0 aliphatic rings. The van der Waals surface area contributed by atoms with E-state index in [4.69, 9.17) is 22.7 Å². The highest BCUT2D eigenvalue weighted by Crippen LogP contribution is 2.21. The average molecular weight is 237 g/mol. The largest absolute Gasteiger partial charge is 0.490 e. The molecule has 0 aliphatic heterocycles. The van der Waals surface area contributed by atoms with Crippen molar-refractivity contribution in [2.45, 2.75) is 33.3 Å². The monoisotopic (exact) mass is 237 g/mol. The predicted octanol–water partition coefficient (Wildman–Crippen LogP) is 3.13. The number of ether oxygens (including phenoxy) is 1. The van der Waals surface area contributed by atoms with Crippen molar-refractivity contribution in [1.82, 2.24) is 0 Å². The molecule has 2 N–H and O–H groups in total. The third kappa shape index (κ3) is 3.81. The summed E-state index contributed by atoms with van der Waals surface area (Å²) >= 11 is 4.99. The first-order valence-electron chi connectivity index (χ1n) is 5.56. The van der Waals surface area contributed by atoms with Crippen molar-refractivity contribution in [3.8, 4) is 5.75 Å². The van der Waals surface area contributed by atoms with Gasteiger partial charge in [0.15, 0.2) is 0 Å². The van der Waals surface area contributed by atoms with Gasteiger partial charge in [0.1, 0.15) is 10.7 Å². The van der Waals surface area contributed by atoms with E-state index in [2.05, 4.69) is 20.8 Å². The zero-order valence-electron chi connectivity index (χ0n) is 10.1. The van der Waals surface area contributed by atoms with Gasteiger partial charge in [-0.3, -0.25) is 0 Å². The minimum Gasteiger partial charge on any atom is -0.490 e. The van der Waals surface area contributed by atoms with E-state index in [1.54, 1.807) is 0 Å². The fraction of sp³-hybridized carbons (Fsp3) is 0.462. The van der Waals surface area contributed by atoms with Crippen LogP contribution >= 0.6 is 12.2 Å².